The molecule has 1 fully saturated rings. The van der Waals surface area contributed by atoms with Gasteiger partial charge in [0.25, 0.3) is 0 Å². The van der Waals surface area contributed by atoms with E-state index in [0.29, 0.717) is 16.7 Å². The normalized spacial score (nSPS) is 16.1. The van der Waals surface area contributed by atoms with Gasteiger partial charge in [0, 0.05) is 17.8 Å². The zero-order valence-electron chi connectivity index (χ0n) is 12.2. The van der Waals surface area contributed by atoms with Crippen LogP contribution in [0, 0.1) is 5.41 Å². The molecule has 4 nitrogen and oxygen atoms in total. The van der Waals surface area contributed by atoms with Gasteiger partial charge in [-0.2, -0.15) is 0 Å². The van der Waals surface area contributed by atoms with Gasteiger partial charge in [-0.05, 0) is 43.7 Å². The highest BCUT2D eigenvalue weighted by atomic mass is 16.2. The van der Waals surface area contributed by atoms with Crippen molar-refractivity contribution in [3.63, 3.8) is 0 Å². The second-order valence-electron chi connectivity index (χ2n) is 5.65. The number of carbonyl (C=O) groups is 2. The number of Topliss-reactive ketones (excluding diaryl/α,β-unsaturated/α-hetero) is 1. The van der Waals surface area contributed by atoms with Crippen LogP contribution in [0.4, 0.5) is 10.5 Å². The molecule has 0 radical (unpaired) electrons. The van der Waals surface area contributed by atoms with E-state index in [9.17, 15) is 9.59 Å². The summed E-state index contributed by atoms with van der Waals surface area (Å²) < 4.78 is 0. The van der Waals surface area contributed by atoms with Crippen molar-refractivity contribution in [3.05, 3.63) is 29.8 Å². The standard InChI is InChI=1S/C16H22N2O2/c1-3-16(8-5-9-16)11-17-15(20)18-14-7-4-6-13(10-14)12(2)19/h4,6-7,10H,3,5,8-9,11H2,1-2H3,(H2,17,18,20). The SMILES string of the molecule is CCC1(CNC(=O)Nc2cccc(C(C)=O)c2)CCC1. The zero-order chi connectivity index (χ0) is 14.6. The van der Waals surface area contributed by atoms with Crippen molar-refractivity contribution < 1.29 is 9.59 Å². The van der Waals surface area contributed by atoms with Crippen LogP contribution in [-0.2, 0) is 0 Å². The molecular weight excluding hydrogens is 252 g/mol. The van der Waals surface area contributed by atoms with Gasteiger partial charge < -0.3 is 10.6 Å². The number of anilines is 1. The number of carbonyl (C=O) groups excluding carboxylic acids is 2. The lowest BCUT2D eigenvalue weighted by molar-refractivity contribution is 0.101. The summed E-state index contributed by atoms with van der Waals surface area (Å²) in [5, 5.41) is 5.72. The predicted molar refractivity (Wildman–Crippen MR) is 80.0 cm³/mol. The number of hydrogen-bond donors (Lipinski definition) is 2. The van der Waals surface area contributed by atoms with Gasteiger partial charge in [0.2, 0.25) is 0 Å². The highest BCUT2D eigenvalue weighted by Gasteiger charge is 2.35. The Bertz CT molecular complexity index is 501. The van der Waals surface area contributed by atoms with Crippen molar-refractivity contribution in [3.8, 4) is 0 Å². The topological polar surface area (TPSA) is 58.2 Å². The van der Waals surface area contributed by atoms with Gasteiger partial charge in [-0.3, -0.25) is 4.79 Å². The minimum Gasteiger partial charge on any atom is -0.337 e. The minimum absolute atomic E-state index is 0.00605. The van der Waals surface area contributed by atoms with Crippen LogP contribution in [0.2, 0.25) is 0 Å². The summed E-state index contributed by atoms with van der Waals surface area (Å²) in [6.07, 6.45) is 4.76. The summed E-state index contributed by atoms with van der Waals surface area (Å²) in [6.45, 7) is 4.41. The van der Waals surface area contributed by atoms with E-state index in [1.165, 1.54) is 26.2 Å². The van der Waals surface area contributed by atoms with Gasteiger partial charge >= 0.3 is 6.03 Å². The molecule has 0 unspecified atom stereocenters. The van der Waals surface area contributed by atoms with Gasteiger partial charge in [0.1, 0.15) is 0 Å². The Morgan fingerprint density at radius 3 is 2.60 bits per heavy atom. The Labute approximate surface area is 119 Å². The maximum Gasteiger partial charge on any atom is 0.319 e. The van der Waals surface area contributed by atoms with E-state index in [4.69, 9.17) is 0 Å². The molecule has 20 heavy (non-hydrogen) atoms. The Morgan fingerprint density at radius 1 is 1.30 bits per heavy atom. The monoisotopic (exact) mass is 274 g/mol. The fourth-order valence-corrected chi connectivity index (χ4v) is 2.59. The number of hydrogen-bond acceptors (Lipinski definition) is 2. The third-order valence-electron chi connectivity index (χ3n) is 4.32. The van der Waals surface area contributed by atoms with Crippen LogP contribution < -0.4 is 10.6 Å². The minimum atomic E-state index is -0.203. The number of amides is 2. The Balaban J connectivity index is 1.88. The molecule has 108 valence electrons. The third kappa shape index (κ3) is 3.38. The van der Waals surface area contributed by atoms with Crippen molar-refractivity contribution in [2.45, 2.75) is 39.5 Å². The summed E-state index contributed by atoms with van der Waals surface area (Å²) in [6, 6.07) is 6.79. The third-order valence-corrected chi connectivity index (χ3v) is 4.32. The molecule has 2 rings (SSSR count). The molecule has 0 spiro atoms. The van der Waals surface area contributed by atoms with Crippen molar-refractivity contribution in [1.29, 1.82) is 0 Å². The molecule has 2 N–H and O–H groups in total. The van der Waals surface area contributed by atoms with Crippen LogP contribution in [0.5, 0.6) is 0 Å². The summed E-state index contributed by atoms with van der Waals surface area (Å²) in [7, 11) is 0. The smallest absolute Gasteiger partial charge is 0.319 e. The van der Waals surface area contributed by atoms with E-state index in [0.717, 1.165) is 13.0 Å². The maximum atomic E-state index is 11.9. The first kappa shape index (κ1) is 14.6. The van der Waals surface area contributed by atoms with E-state index in [1.807, 2.05) is 0 Å². The molecule has 0 bridgehead atoms. The lowest BCUT2D eigenvalue weighted by Gasteiger charge is -2.41. The predicted octanol–water partition coefficient (Wildman–Crippen LogP) is 3.59. The van der Waals surface area contributed by atoms with Crippen LogP contribution in [-0.4, -0.2) is 18.4 Å². The molecule has 0 atom stereocenters. The summed E-state index contributed by atoms with van der Waals surface area (Å²) in [5.74, 6) is -0.00605. The van der Waals surface area contributed by atoms with Gasteiger partial charge in [0.15, 0.2) is 5.78 Å². The van der Waals surface area contributed by atoms with Crippen molar-refractivity contribution in [1.82, 2.24) is 5.32 Å². The molecule has 1 aliphatic carbocycles. The number of ketones is 1. The molecule has 1 aromatic rings. The van der Waals surface area contributed by atoms with E-state index in [2.05, 4.69) is 17.6 Å². The van der Waals surface area contributed by atoms with Gasteiger partial charge in [0.05, 0.1) is 0 Å². The molecule has 4 heteroatoms. The average molecular weight is 274 g/mol. The first-order valence-corrected chi connectivity index (χ1v) is 7.20. The lowest BCUT2D eigenvalue weighted by atomic mass is 9.67. The number of benzene rings is 1. The highest BCUT2D eigenvalue weighted by Crippen LogP contribution is 2.42. The van der Waals surface area contributed by atoms with Crippen LogP contribution in [0.15, 0.2) is 24.3 Å². The first-order chi connectivity index (χ1) is 9.54. The summed E-state index contributed by atoms with van der Waals surface area (Å²) in [4.78, 5) is 23.2. The number of urea groups is 1. The first-order valence-electron chi connectivity index (χ1n) is 7.20. The van der Waals surface area contributed by atoms with E-state index < -0.39 is 0 Å². The van der Waals surface area contributed by atoms with Crippen molar-refractivity contribution in [2.24, 2.45) is 5.41 Å². The van der Waals surface area contributed by atoms with E-state index in [1.54, 1.807) is 24.3 Å². The highest BCUT2D eigenvalue weighted by molar-refractivity contribution is 5.96. The van der Waals surface area contributed by atoms with Crippen molar-refractivity contribution in [2.75, 3.05) is 11.9 Å². The Hall–Kier alpha value is -1.84. The van der Waals surface area contributed by atoms with Crippen molar-refractivity contribution >= 4 is 17.5 Å². The fourth-order valence-electron chi connectivity index (χ4n) is 2.59. The molecule has 0 aliphatic heterocycles. The molecule has 1 saturated carbocycles. The van der Waals surface area contributed by atoms with Gasteiger partial charge in [-0.25, -0.2) is 4.79 Å². The van der Waals surface area contributed by atoms with Crippen LogP contribution in [0.3, 0.4) is 0 Å². The van der Waals surface area contributed by atoms with Crippen LogP contribution >= 0.6 is 0 Å². The fraction of sp³-hybridized carbons (Fsp3) is 0.500. The number of rotatable bonds is 5. The largest absolute Gasteiger partial charge is 0.337 e. The van der Waals surface area contributed by atoms with Crippen LogP contribution in [0.1, 0.15) is 49.9 Å². The molecule has 1 aliphatic rings. The summed E-state index contributed by atoms with van der Waals surface area (Å²) >= 11 is 0. The van der Waals surface area contributed by atoms with Gasteiger partial charge in [-0.1, -0.05) is 25.5 Å². The molecular formula is C16H22N2O2. The molecule has 1 aromatic carbocycles. The van der Waals surface area contributed by atoms with E-state index >= 15 is 0 Å². The second-order valence-corrected chi connectivity index (χ2v) is 5.65. The lowest BCUT2D eigenvalue weighted by Crippen LogP contribution is -2.43. The molecule has 0 aromatic heterocycles. The summed E-state index contributed by atoms with van der Waals surface area (Å²) in [5.41, 5.74) is 1.56. The average Bonchev–Trinajstić information content (AvgIpc) is 2.38. The Morgan fingerprint density at radius 2 is 2.05 bits per heavy atom. The molecule has 0 saturated heterocycles. The van der Waals surface area contributed by atoms with E-state index in [-0.39, 0.29) is 11.8 Å². The number of nitrogens with one attached hydrogen (secondary N) is 2. The van der Waals surface area contributed by atoms with Crippen LogP contribution in [0.25, 0.3) is 0 Å². The second kappa shape index (κ2) is 6.07. The maximum absolute atomic E-state index is 11.9. The van der Waals surface area contributed by atoms with Gasteiger partial charge in [-0.15, -0.1) is 0 Å². The quantitative estimate of drug-likeness (QED) is 0.806. The Kier molecular flexibility index (Phi) is 4.42. The zero-order valence-corrected chi connectivity index (χ0v) is 12.2. The molecule has 2 amide bonds. The molecule has 0 heterocycles.